The van der Waals surface area contributed by atoms with E-state index < -0.39 is 0 Å². The van der Waals surface area contributed by atoms with Gasteiger partial charge in [0.1, 0.15) is 5.58 Å². The molecule has 1 N–H and O–H groups in total. The summed E-state index contributed by atoms with van der Waals surface area (Å²) in [6.45, 7) is 7.31. The molecule has 0 unspecified atom stereocenters. The molecule has 3 aromatic rings. The van der Waals surface area contributed by atoms with Gasteiger partial charge in [0.25, 0.3) is 5.91 Å². The number of hydrogen-bond donors (Lipinski definition) is 1. The Kier molecular flexibility index (Phi) is 5.86. The summed E-state index contributed by atoms with van der Waals surface area (Å²) in [6.07, 6.45) is 0. The Hall–Kier alpha value is -3.12. The Bertz CT molecular complexity index is 1050. The fourth-order valence-corrected chi connectivity index (χ4v) is 3.90. The lowest BCUT2D eigenvalue weighted by atomic mass is 10.1. The standard InChI is InChI=1S/C24H27N3O3/c1-17-7-6-10-20-18(2)23(30-22(17)20)24(29)27-13-11-26(12-14-27)16-21(28)25-15-19-8-4-3-5-9-19/h3-10H,11-16H2,1-2H3,(H,25,28). The topological polar surface area (TPSA) is 65.8 Å². The second-order valence-electron chi connectivity index (χ2n) is 7.84. The molecule has 0 bridgehead atoms. The Labute approximate surface area is 176 Å². The smallest absolute Gasteiger partial charge is 0.289 e. The van der Waals surface area contributed by atoms with Gasteiger partial charge >= 0.3 is 0 Å². The number of para-hydroxylation sites is 1. The molecule has 2 amide bonds. The van der Waals surface area contributed by atoms with E-state index in [9.17, 15) is 9.59 Å². The summed E-state index contributed by atoms with van der Waals surface area (Å²) in [7, 11) is 0. The van der Waals surface area contributed by atoms with Crippen molar-refractivity contribution in [3.05, 3.63) is 71.0 Å². The first-order valence-electron chi connectivity index (χ1n) is 10.3. The van der Waals surface area contributed by atoms with E-state index in [0.717, 1.165) is 27.7 Å². The van der Waals surface area contributed by atoms with E-state index in [1.807, 2.05) is 67.3 Å². The van der Waals surface area contributed by atoms with Crippen molar-refractivity contribution >= 4 is 22.8 Å². The first-order chi connectivity index (χ1) is 14.5. The van der Waals surface area contributed by atoms with Crippen LogP contribution >= 0.6 is 0 Å². The highest BCUT2D eigenvalue weighted by Crippen LogP contribution is 2.28. The molecular formula is C24H27N3O3. The zero-order valence-electron chi connectivity index (χ0n) is 17.5. The summed E-state index contributed by atoms with van der Waals surface area (Å²) in [6, 6.07) is 15.8. The van der Waals surface area contributed by atoms with Crippen LogP contribution in [0.2, 0.25) is 0 Å². The maximum absolute atomic E-state index is 13.0. The van der Waals surface area contributed by atoms with Crippen molar-refractivity contribution in [2.75, 3.05) is 32.7 Å². The summed E-state index contributed by atoms with van der Waals surface area (Å²) in [5.74, 6) is 0.354. The SMILES string of the molecule is Cc1c(C(=O)N2CCN(CC(=O)NCc3ccccc3)CC2)oc2c(C)cccc12. The summed E-state index contributed by atoms with van der Waals surface area (Å²) in [4.78, 5) is 29.2. The molecule has 0 radical (unpaired) electrons. The molecule has 4 rings (SSSR count). The highest BCUT2D eigenvalue weighted by Gasteiger charge is 2.27. The predicted octanol–water partition coefficient (Wildman–Crippen LogP) is 3.12. The van der Waals surface area contributed by atoms with Crippen molar-refractivity contribution in [2.24, 2.45) is 0 Å². The highest BCUT2D eigenvalue weighted by molar-refractivity contribution is 5.99. The van der Waals surface area contributed by atoms with E-state index in [0.29, 0.717) is 45.0 Å². The number of fused-ring (bicyclic) bond motifs is 1. The van der Waals surface area contributed by atoms with E-state index in [2.05, 4.69) is 10.2 Å². The molecule has 0 atom stereocenters. The lowest BCUT2D eigenvalue weighted by Gasteiger charge is -2.34. The van der Waals surface area contributed by atoms with Crippen LogP contribution in [0.25, 0.3) is 11.0 Å². The molecule has 2 aromatic carbocycles. The third-order valence-corrected chi connectivity index (χ3v) is 5.71. The van der Waals surface area contributed by atoms with Gasteiger partial charge in [0.2, 0.25) is 5.91 Å². The van der Waals surface area contributed by atoms with Gasteiger partial charge in [0, 0.05) is 43.7 Å². The lowest BCUT2D eigenvalue weighted by molar-refractivity contribution is -0.122. The Morgan fingerprint density at radius 2 is 1.70 bits per heavy atom. The van der Waals surface area contributed by atoms with Crippen LogP contribution < -0.4 is 5.32 Å². The number of hydrogen-bond acceptors (Lipinski definition) is 4. The van der Waals surface area contributed by atoms with Crippen molar-refractivity contribution in [1.29, 1.82) is 0 Å². The van der Waals surface area contributed by atoms with Crippen molar-refractivity contribution in [3.8, 4) is 0 Å². The Morgan fingerprint density at radius 1 is 0.967 bits per heavy atom. The summed E-state index contributed by atoms with van der Waals surface area (Å²) in [5, 5.41) is 3.95. The number of piperazine rings is 1. The van der Waals surface area contributed by atoms with Crippen LogP contribution in [0.3, 0.4) is 0 Å². The third-order valence-electron chi connectivity index (χ3n) is 5.71. The van der Waals surface area contributed by atoms with Crippen molar-refractivity contribution < 1.29 is 14.0 Å². The van der Waals surface area contributed by atoms with Gasteiger partial charge in [0.15, 0.2) is 5.76 Å². The van der Waals surface area contributed by atoms with Crippen molar-refractivity contribution in [1.82, 2.24) is 15.1 Å². The molecule has 2 heterocycles. The number of amides is 2. The molecule has 156 valence electrons. The Balaban J connectivity index is 1.31. The quantitative estimate of drug-likeness (QED) is 0.708. The van der Waals surface area contributed by atoms with Crippen molar-refractivity contribution in [2.45, 2.75) is 20.4 Å². The minimum atomic E-state index is -0.0729. The third kappa shape index (κ3) is 4.24. The lowest BCUT2D eigenvalue weighted by Crippen LogP contribution is -2.51. The normalized spacial score (nSPS) is 14.8. The maximum Gasteiger partial charge on any atom is 0.289 e. The molecule has 1 aliphatic rings. The Morgan fingerprint density at radius 3 is 2.40 bits per heavy atom. The maximum atomic E-state index is 13.0. The van der Waals surface area contributed by atoms with Crippen LogP contribution in [-0.4, -0.2) is 54.3 Å². The van der Waals surface area contributed by atoms with Gasteiger partial charge in [-0.1, -0.05) is 48.5 Å². The molecule has 1 saturated heterocycles. The second-order valence-corrected chi connectivity index (χ2v) is 7.84. The van der Waals surface area contributed by atoms with Crippen LogP contribution in [-0.2, 0) is 11.3 Å². The van der Waals surface area contributed by atoms with Gasteiger partial charge in [-0.3, -0.25) is 14.5 Å². The van der Waals surface area contributed by atoms with Gasteiger partial charge in [-0.05, 0) is 25.0 Å². The number of carbonyl (C=O) groups excluding carboxylic acids is 2. The highest BCUT2D eigenvalue weighted by atomic mass is 16.3. The molecule has 30 heavy (non-hydrogen) atoms. The molecule has 0 spiro atoms. The molecule has 1 aromatic heterocycles. The monoisotopic (exact) mass is 405 g/mol. The van der Waals surface area contributed by atoms with Gasteiger partial charge in [0.05, 0.1) is 6.54 Å². The predicted molar refractivity (Wildman–Crippen MR) is 116 cm³/mol. The second kappa shape index (κ2) is 8.71. The largest absolute Gasteiger partial charge is 0.450 e. The van der Waals surface area contributed by atoms with Gasteiger partial charge in [-0.25, -0.2) is 0 Å². The number of furan rings is 1. The van der Waals surface area contributed by atoms with E-state index in [1.165, 1.54) is 0 Å². The fourth-order valence-electron chi connectivity index (χ4n) is 3.90. The average molecular weight is 405 g/mol. The molecule has 1 aliphatic heterocycles. The van der Waals surface area contributed by atoms with Crippen LogP contribution in [0.4, 0.5) is 0 Å². The number of nitrogens with zero attached hydrogens (tertiary/aromatic N) is 2. The first kappa shape index (κ1) is 20.2. The minimum absolute atomic E-state index is 0.00207. The number of carbonyl (C=O) groups is 2. The number of aryl methyl sites for hydroxylation is 2. The van der Waals surface area contributed by atoms with Crippen LogP contribution in [0.15, 0.2) is 52.9 Å². The van der Waals surface area contributed by atoms with E-state index in [1.54, 1.807) is 0 Å². The van der Waals surface area contributed by atoms with Gasteiger partial charge in [-0.15, -0.1) is 0 Å². The number of rotatable bonds is 5. The molecule has 0 aliphatic carbocycles. The van der Waals surface area contributed by atoms with E-state index in [4.69, 9.17) is 4.42 Å². The molecule has 0 saturated carbocycles. The average Bonchev–Trinajstić information content (AvgIpc) is 3.11. The van der Waals surface area contributed by atoms with Gasteiger partial charge in [-0.2, -0.15) is 0 Å². The zero-order chi connectivity index (χ0) is 21.1. The molecule has 6 nitrogen and oxygen atoms in total. The zero-order valence-corrected chi connectivity index (χ0v) is 17.5. The first-order valence-corrected chi connectivity index (χ1v) is 10.3. The van der Waals surface area contributed by atoms with Gasteiger partial charge < -0.3 is 14.6 Å². The van der Waals surface area contributed by atoms with Crippen LogP contribution in [0.5, 0.6) is 0 Å². The van der Waals surface area contributed by atoms with E-state index >= 15 is 0 Å². The van der Waals surface area contributed by atoms with Crippen LogP contribution in [0, 0.1) is 13.8 Å². The summed E-state index contributed by atoms with van der Waals surface area (Å²) in [5.41, 5.74) is 3.78. The number of nitrogens with one attached hydrogen (secondary N) is 1. The molecular weight excluding hydrogens is 378 g/mol. The molecule has 1 fully saturated rings. The van der Waals surface area contributed by atoms with Crippen molar-refractivity contribution in [3.63, 3.8) is 0 Å². The summed E-state index contributed by atoms with van der Waals surface area (Å²) >= 11 is 0. The number of benzene rings is 2. The molecule has 6 heteroatoms. The van der Waals surface area contributed by atoms with Crippen LogP contribution in [0.1, 0.15) is 27.2 Å². The van der Waals surface area contributed by atoms with E-state index in [-0.39, 0.29) is 11.8 Å². The minimum Gasteiger partial charge on any atom is -0.450 e. The fraction of sp³-hybridized carbons (Fsp3) is 0.333. The summed E-state index contributed by atoms with van der Waals surface area (Å²) < 4.78 is 5.94.